The molecule has 0 aliphatic carbocycles. The second kappa shape index (κ2) is 4.25. The first-order valence-corrected chi connectivity index (χ1v) is 3.80. The van der Waals surface area contributed by atoms with E-state index >= 15 is 0 Å². The molecule has 0 saturated carbocycles. The fraction of sp³-hybridized carbons (Fsp3) is 0.667. The van der Waals surface area contributed by atoms with E-state index in [0.29, 0.717) is 0 Å². The van der Waals surface area contributed by atoms with Crippen molar-refractivity contribution < 1.29 is 0 Å². The van der Waals surface area contributed by atoms with E-state index in [4.69, 9.17) is 0 Å². The van der Waals surface area contributed by atoms with Crippen molar-refractivity contribution >= 4 is 11.8 Å². The number of hydrogen-bond donors (Lipinski definition) is 0. The standard InChI is InChI=1S/C6H12S/c1-6(2)4-5-7-3/h1,4-5H2,2-3H3. The molecule has 0 rings (SSSR count). The van der Waals surface area contributed by atoms with E-state index in [1.54, 1.807) is 0 Å². The summed E-state index contributed by atoms with van der Waals surface area (Å²) in [6.45, 7) is 5.84. The molecule has 0 aliphatic rings. The highest BCUT2D eigenvalue weighted by molar-refractivity contribution is 7.98. The normalized spacial score (nSPS) is 8.86. The summed E-state index contributed by atoms with van der Waals surface area (Å²) in [5.41, 5.74) is 1.29. The van der Waals surface area contributed by atoms with Gasteiger partial charge in [-0.2, -0.15) is 11.8 Å². The van der Waals surface area contributed by atoms with Gasteiger partial charge in [-0.1, -0.05) is 5.57 Å². The Hall–Kier alpha value is 0.0900. The molecule has 0 atom stereocenters. The van der Waals surface area contributed by atoms with Crippen LogP contribution in [-0.4, -0.2) is 12.0 Å². The van der Waals surface area contributed by atoms with Crippen LogP contribution in [0.25, 0.3) is 0 Å². The minimum atomic E-state index is 1.17. The molecule has 42 valence electrons. The third-order valence-electron chi connectivity index (χ3n) is 0.733. The van der Waals surface area contributed by atoms with Crippen molar-refractivity contribution in [3.05, 3.63) is 12.2 Å². The smallest absolute Gasteiger partial charge is 0.00332 e. The molecule has 0 amide bonds. The molecule has 0 saturated heterocycles. The number of allylic oxidation sites excluding steroid dienone is 1. The van der Waals surface area contributed by atoms with Crippen LogP contribution in [0.3, 0.4) is 0 Å². The van der Waals surface area contributed by atoms with E-state index < -0.39 is 0 Å². The van der Waals surface area contributed by atoms with Gasteiger partial charge in [0.05, 0.1) is 0 Å². The fourth-order valence-electron chi connectivity index (χ4n) is 0.276. The summed E-state index contributed by atoms with van der Waals surface area (Å²) in [6.07, 6.45) is 3.28. The summed E-state index contributed by atoms with van der Waals surface area (Å²) in [6, 6.07) is 0. The lowest BCUT2D eigenvalue weighted by molar-refractivity contribution is 1.13. The Kier molecular flexibility index (Phi) is 4.31. The van der Waals surface area contributed by atoms with Gasteiger partial charge in [0.15, 0.2) is 0 Å². The second-order valence-electron chi connectivity index (χ2n) is 1.70. The predicted molar refractivity (Wildman–Crippen MR) is 37.8 cm³/mol. The molecule has 0 aromatic rings. The molecule has 0 aliphatic heterocycles. The van der Waals surface area contributed by atoms with Crippen LogP contribution in [0.15, 0.2) is 12.2 Å². The summed E-state index contributed by atoms with van der Waals surface area (Å²) in [4.78, 5) is 0. The van der Waals surface area contributed by atoms with Crippen LogP contribution in [0.5, 0.6) is 0 Å². The Balaban J connectivity index is 2.82. The molecule has 7 heavy (non-hydrogen) atoms. The molecule has 0 nitrogen and oxygen atoms in total. The van der Waals surface area contributed by atoms with Crippen molar-refractivity contribution in [1.82, 2.24) is 0 Å². The van der Waals surface area contributed by atoms with Crippen molar-refractivity contribution in [2.45, 2.75) is 13.3 Å². The van der Waals surface area contributed by atoms with Gasteiger partial charge in [0.2, 0.25) is 0 Å². The first-order valence-electron chi connectivity index (χ1n) is 2.40. The lowest BCUT2D eigenvalue weighted by Gasteiger charge is -1.91. The Morgan fingerprint density at radius 2 is 2.29 bits per heavy atom. The van der Waals surface area contributed by atoms with Gasteiger partial charge in [-0.25, -0.2) is 0 Å². The quantitative estimate of drug-likeness (QED) is 0.510. The van der Waals surface area contributed by atoms with E-state index in [-0.39, 0.29) is 0 Å². The molecule has 0 unspecified atom stereocenters. The van der Waals surface area contributed by atoms with Crippen LogP contribution in [0.4, 0.5) is 0 Å². The topological polar surface area (TPSA) is 0 Å². The van der Waals surface area contributed by atoms with Crippen LogP contribution >= 0.6 is 11.8 Å². The SMILES string of the molecule is C=C(C)CCSC. The Bertz CT molecular complexity index is 57.2. The molecule has 0 N–H and O–H groups in total. The maximum absolute atomic E-state index is 3.78. The second-order valence-corrected chi connectivity index (χ2v) is 2.69. The van der Waals surface area contributed by atoms with E-state index in [1.807, 2.05) is 11.8 Å². The molecule has 0 fully saturated rings. The molecule has 1 heteroatoms. The van der Waals surface area contributed by atoms with Gasteiger partial charge >= 0.3 is 0 Å². The molecule has 0 aromatic heterocycles. The van der Waals surface area contributed by atoms with Gasteiger partial charge in [-0.15, -0.1) is 6.58 Å². The molecular weight excluding hydrogens is 104 g/mol. The molecule has 0 aromatic carbocycles. The monoisotopic (exact) mass is 116 g/mol. The van der Waals surface area contributed by atoms with Crippen molar-refractivity contribution in [3.8, 4) is 0 Å². The molecule has 0 spiro atoms. The van der Waals surface area contributed by atoms with E-state index in [0.717, 1.165) is 0 Å². The highest BCUT2D eigenvalue weighted by atomic mass is 32.2. The minimum Gasteiger partial charge on any atom is -0.165 e. The van der Waals surface area contributed by atoms with Gasteiger partial charge in [0.25, 0.3) is 0 Å². The third kappa shape index (κ3) is 6.09. The number of hydrogen-bond acceptors (Lipinski definition) is 1. The lowest BCUT2D eigenvalue weighted by Crippen LogP contribution is -1.76. The van der Waals surface area contributed by atoms with Crippen LogP contribution < -0.4 is 0 Å². The van der Waals surface area contributed by atoms with Gasteiger partial charge in [-0.05, 0) is 25.4 Å². The highest BCUT2D eigenvalue weighted by Crippen LogP contribution is 2.01. The minimum absolute atomic E-state index is 1.17. The Labute approximate surface area is 50.0 Å². The van der Waals surface area contributed by atoms with Crippen molar-refractivity contribution in [1.29, 1.82) is 0 Å². The van der Waals surface area contributed by atoms with E-state index in [2.05, 4.69) is 19.8 Å². The van der Waals surface area contributed by atoms with Gasteiger partial charge in [0, 0.05) is 0 Å². The maximum atomic E-state index is 3.78. The van der Waals surface area contributed by atoms with Crippen LogP contribution in [-0.2, 0) is 0 Å². The number of thioether (sulfide) groups is 1. The van der Waals surface area contributed by atoms with Crippen LogP contribution in [0.2, 0.25) is 0 Å². The largest absolute Gasteiger partial charge is 0.165 e. The lowest BCUT2D eigenvalue weighted by atomic mass is 10.3. The van der Waals surface area contributed by atoms with Crippen molar-refractivity contribution in [2.24, 2.45) is 0 Å². The van der Waals surface area contributed by atoms with Gasteiger partial charge < -0.3 is 0 Å². The third-order valence-corrected chi connectivity index (χ3v) is 1.35. The summed E-state index contributed by atoms with van der Waals surface area (Å²) >= 11 is 1.87. The zero-order valence-corrected chi connectivity index (χ0v) is 5.85. The predicted octanol–water partition coefficient (Wildman–Crippen LogP) is 2.32. The van der Waals surface area contributed by atoms with Crippen molar-refractivity contribution in [3.63, 3.8) is 0 Å². The number of rotatable bonds is 3. The van der Waals surface area contributed by atoms with Gasteiger partial charge in [-0.3, -0.25) is 0 Å². The van der Waals surface area contributed by atoms with E-state index in [9.17, 15) is 0 Å². The van der Waals surface area contributed by atoms with E-state index in [1.165, 1.54) is 17.7 Å². The molecule has 0 radical (unpaired) electrons. The first-order chi connectivity index (χ1) is 3.27. The average molecular weight is 116 g/mol. The summed E-state index contributed by atoms with van der Waals surface area (Å²) < 4.78 is 0. The summed E-state index contributed by atoms with van der Waals surface area (Å²) in [5.74, 6) is 1.22. The molecule has 0 bridgehead atoms. The Morgan fingerprint density at radius 3 is 2.43 bits per heavy atom. The van der Waals surface area contributed by atoms with Crippen LogP contribution in [0, 0.1) is 0 Å². The van der Waals surface area contributed by atoms with Crippen LogP contribution in [0.1, 0.15) is 13.3 Å². The maximum Gasteiger partial charge on any atom is -0.00332 e. The summed E-state index contributed by atoms with van der Waals surface area (Å²) in [5, 5.41) is 0. The average Bonchev–Trinajstić information content (AvgIpc) is 1.61. The first kappa shape index (κ1) is 7.09. The van der Waals surface area contributed by atoms with Gasteiger partial charge in [0.1, 0.15) is 0 Å². The molecular formula is C6H12S. The Morgan fingerprint density at radius 1 is 1.71 bits per heavy atom. The molecule has 0 heterocycles. The zero-order valence-electron chi connectivity index (χ0n) is 5.03. The zero-order chi connectivity index (χ0) is 5.70. The van der Waals surface area contributed by atoms with Crippen molar-refractivity contribution in [2.75, 3.05) is 12.0 Å². The highest BCUT2D eigenvalue weighted by Gasteiger charge is 1.81. The summed E-state index contributed by atoms with van der Waals surface area (Å²) in [7, 11) is 0. The fourth-order valence-corrected chi connectivity index (χ4v) is 0.829.